The van der Waals surface area contributed by atoms with E-state index in [1.807, 2.05) is 12.1 Å². The normalized spacial score (nSPS) is 36.8. The Morgan fingerprint density at radius 2 is 1.77 bits per heavy atom. The van der Waals surface area contributed by atoms with Gasteiger partial charge in [0.2, 0.25) is 17.1 Å². The van der Waals surface area contributed by atoms with Gasteiger partial charge in [-0.25, -0.2) is 4.39 Å². The maximum atomic E-state index is 13.4. The number of benzene rings is 1. The van der Waals surface area contributed by atoms with Crippen LogP contribution in [0.1, 0.15) is 37.4 Å². The number of rotatable bonds is 1. The van der Waals surface area contributed by atoms with Gasteiger partial charge in [-0.3, -0.25) is 5.41 Å². The van der Waals surface area contributed by atoms with Crippen LogP contribution < -0.4 is 0 Å². The topological polar surface area (TPSA) is 114 Å². The molecule has 3 aliphatic rings. The molecule has 1 saturated carbocycles. The van der Waals surface area contributed by atoms with E-state index >= 15 is 0 Å². The minimum absolute atomic E-state index is 0.375. The van der Waals surface area contributed by atoms with Crippen LogP contribution in [-0.2, 0) is 9.47 Å². The van der Waals surface area contributed by atoms with Crippen LogP contribution in [0.5, 0.6) is 0 Å². The van der Waals surface area contributed by atoms with Crippen LogP contribution in [0, 0.1) is 62.0 Å². The largest absolute Gasteiger partial charge is 0.447 e. The van der Waals surface area contributed by atoms with Crippen molar-refractivity contribution in [2.75, 3.05) is 0 Å². The van der Waals surface area contributed by atoms with Gasteiger partial charge in [-0.05, 0) is 30.5 Å². The molecule has 2 aliphatic heterocycles. The lowest BCUT2D eigenvalue weighted by atomic mass is 9.51. The highest BCUT2D eigenvalue weighted by molar-refractivity contribution is 5.89. The molecule has 0 amide bonds. The van der Waals surface area contributed by atoms with Crippen molar-refractivity contribution in [2.24, 2.45) is 16.7 Å². The smallest absolute Gasteiger partial charge is 0.217 e. The molecular weight excluding hydrogens is 335 g/mol. The van der Waals surface area contributed by atoms with Crippen molar-refractivity contribution in [2.45, 2.75) is 37.6 Å². The number of nitrogens with one attached hydrogen (secondary N) is 1. The van der Waals surface area contributed by atoms with E-state index < -0.39 is 34.5 Å². The van der Waals surface area contributed by atoms with Crippen molar-refractivity contribution in [1.82, 2.24) is 0 Å². The summed E-state index contributed by atoms with van der Waals surface area (Å²) in [6.45, 7) is 0. The van der Waals surface area contributed by atoms with Gasteiger partial charge in [0.15, 0.2) is 5.41 Å². The van der Waals surface area contributed by atoms with Crippen molar-refractivity contribution >= 4 is 5.90 Å². The summed E-state index contributed by atoms with van der Waals surface area (Å²) < 4.78 is 25.3. The molecule has 4 atom stereocenters. The van der Waals surface area contributed by atoms with E-state index in [4.69, 9.17) is 14.9 Å². The summed E-state index contributed by atoms with van der Waals surface area (Å²) in [7, 11) is 0. The van der Waals surface area contributed by atoms with E-state index in [1.54, 1.807) is 0 Å². The van der Waals surface area contributed by atoms with Crippen LogP contribution in [0.4, 0.5) is 4.39 Å². The summed E-state index contributed by atoms with van der Waals surface area (Å²) in [5, 5.41) is 38.5. The molecule has 1 aliphatic carbocycles. The van der Waals surface area contributed by atoms with Crippen LogP contribution in [-0.4, -0.2) is 11.7 Å². The highest BCUT2D eigenvalue weighted by Gasteiger charge is 2.80. The van der Waals surface area contributed by atoms with Crippen LogP contribution >= 0.6 is 0 Å². The molecule has 1 N–H and O–H groups in total. The average Bonchev–Trinajstić information content (AvgIpc) is 2.87. The quantitative estimate of drug-likeness (QED) is 0.834. The Labute approximate surface area is 149 Å². The molecule has 2 bridgehead atoms. The fraction of sp³-hybridized carbons (Fsp3) is 0.474. The van der Waals surface area contributed by atoms with Gasteiger partial charge in [0.1, 0.15) is 11.9 Å². The molecule has 0 radical (unpaired) electrons. The van der Waals surface area contributed by atoms with Gasteiger partial charge in [0.25, 0.3) is 0 Å². The lowest BCUT2D eigenvalue weighted by molar-refractivity contribution is -0.294. The third-order valence-electron chi connectivity index (χ3n) is 5.99. The predicted octanol–water partition coefficient (Wildman–Crippen LogP) is 3.33. The molecule has 26 heavy (non-hydrogen) atoms. The van der Waals surface area contributed by atoms with E-state index in [0.717, 1.165) is 12.8 Å². The monoisotopic (exact) mass is 350 g/mol. The zero-order valence-electron chi connectivity index (χ0n) is 13.8. The van der Waals surface area contributed by atoms with Crippen molar-refractivity contribution < 1.29 is 13.9 Å². The SMILES string of the molecule is N#CC1(C#N)C(c2ccc(F)cc2)OC23CCCCC2C1(C#N)C(=N)O3. The Bertz CT molecular complexity index is 895. The van der Waals surface area contributed by atoms with Gasteiger partial charge in [-0.15, -0.1) is 0 Å². The van der Waals surface area contributed by atoms with Crippen molar-refractivity contribution in [3.05, 3.63) is 35.6 Å². The summed E-state index contributed by atoms with van der Waals surface area (Å²) in [6, 6.07) is 11.4. The highest BCUT2D eigenvalue weighted by atomic mass is 19.1. The van der Waals surface area contributed by atoms with E-state index in [2.05, 4.69) is 6.07 Å². The second kappa shape index (κ2) is 5.27. The Morgan fingerprint density at radius 3 is 2.38 bits per heavy atom. The summed E-state index contributed by atoms with van der Waals surface area (Å²) in [5.74, 6) is -2.59. The first-order valence-electron chi connectivity index (χ1n) is 8.45. The van der Waals surface area contributed by atoms with Gasteiger partial charge in [-0.1, -0.05) is 18.6 Å². The fourth-order valence-corrected chi connectivity index (χ4v) is 4.80. The summed E-state index contributed by atoms with van der Waals surface area (Å²) in [5.41, 5.74) is -3.26. The van der Waals surface area contributed by atoms with Gasteiger partial charge < -0.3 is 9.47 Å². The Hall–Kier alpha value is -2.95. The number of nitriles is 3. The Balaban J connectivity index is 1.99. The molecule has 7 heteroatoms. The Kier molecular flexibility index (Phi) is 3.35. The standard InChI is InChI=1S/C19H15FN4O2/c20-13-6-4-12(5-7-13)15-17(9-21,10-22)18(11-23)14-3-1-2-8-19(14,25-15)26-16(18)24/h4-7,14-15,24H,1-3,8H2. The molecule has 4 unspecified atom stereocenters. The number of hydrogen-bond acceptors (Lipinski definition) is 6. The van der Waals surface area contributed by atoms with E-state index in [9.17, 15) is 20.2 Å². The second-order valence-corrected chi connectivity index (χ2v) is 7.04. The third-order valence-corrected chi connectivity index (χ3v) is 5.99. The van der Waals surface area contributed by atoms with Crippen molar-refractivity contribution in [3.63, 3.8) is 0 Å². The van der Waals surface area contributed by atoms with Gasteiger partial charge in [-0.2, -0.15) is 15.8 Å². The molecule has 0 aromatic heterocycles. The minimum Gasteiger partial charge on any atom is -0.447 e. The first-order valence-corrected chi connectivity index (χ1v) is 8.45. The number of hydrogen-bond donors (Lipinski definition) is 1. The Morgan fingerprint density at radius 1 is 1.08 bits per heavy atom. The molecule has 1 aromatic rings. The third kappa shape index (κ3) is 1.68. The number of halogens is 1. The van der Waals surface area contributed by atoms with Gasteiger partial charge in [0.05, 0.1) is 24.1 Å². The van der Waals surface area contributed by atoms with E-state index in [-0.39, 0.29) is 5.90 Å². The second-order valence-electron chi connectivity index (χ2n) is 7.04. The van der Waals surface area contributed by atoms with Crippen LogP contribution in [0.3, 0.4) is 0 Å². The molecule has 2 saturated heterocycles. The molecule has 4 rings (SSSR count). The maximum absolute atomic E-state index is 13.4. The molecule has 3 fully saturated rings. The minimum atomic E-state index is -1.96. The number of nitrogens with zero attached hydrogens (tertiary/aromatic N) is 3. The van der Waals surface area contributed by atoms with E-state index in [1.165, 1.54) is 24.3 Å². The van der Waals surface area contributed by atoms with Crippen LogP contribution in [0.15, 0.2) is 24.3 Å². The molecule has 2 heterocycles. The molecule has 0 spiro atoms. The molecule has 6 nitrogen and oxygen atoms in total. The zero-order valence-corrected chi connectivity index (χ0v) is 13.8. The lowest BCUT2D eigenvalue weighted by Crippen LogP contribution is -2.60. The predicted molar refractivity (Wildman–Crippen MR) is 85.4 cm³/mol. The first-order chi connectivity index (χ1) is 12.5. The number of ether oxygens (including phenoxy) is 2. The van der Waals surface area contributed by atoms with Crippen molar-refractivity contribution in [1.29, 1.82) is 21.2 Å². The summed E-state index contributed by atoms with van der Waals surface area (Å²) in [6.07, 6.45) is 1.51. The van der Waals surface area contributed by atoms with Crippen LogP contribution in [0.25, 0.3) is 0 Å². The van der Waals surface area contributed by atoms with Crippen LogP contribution in [0.2, 0.25) is 0 Å². The molecular formula is C19H15FN4O2. The lowest BCUT2D eigenvalue weighted by Gasteiger charge is -2.51. The summed E-state index contributed by atoms with van der Waals surface area (Å²) >= 11 is 0. The zero-order chi connectivity index (χ0) is 18.6. The van der Waals surface area contributed by atoms with Gasteiger partial charge >= 0.3 is 0 Å². The van der Waals surface area contributed by atoms with Crippen molar-refractivity contribution in [3.8, 4) is 18.2 Å². The molecule has 1 aromatic carbocycles. The van der Waals surface area contributed by atoms with Gasteiger partial charge in [0, 0.05) is 6.42 Å². The van der Waals surface area contributed by atoms with E-state index in [0.29, 0.717) is 18.4 Å². The highest BCUT2D eigenvalue weighted by Crippen LogP contribution is 2.69. The first kappa shape index (κ1) is 16.5. The summed E-state index contributed by atoms with van der Waals surface area (Å²) in [4.78, 5) is 0. The fourth-order valence-electron chi connectivity index (χ4n) is 4.80. The average molecular weight is 350 g/mol. The maximum Gasteiger partial charge on any atom is 0.217 e. The molecule has 130 valence electrons.